The highest BCUT2D eigenvalue weighted by Crippen LogP contribution is 2.41. The molecule has 8 nitrogen and oxygen atoms in total. The Balaban J connectivity index is 1.67. The molecule has 0 unspecified atom stereocenters. The maximum Gasteiger partial charge on any atom is 0.260 e. The van der Waals surface area contributed by atoms with Gasteiger partial charge in [0.1, 0.15) is 0 Å². The minimum Gasteiger partial charge on any atom is -0.493 e. The fraction of sp³-hybridized carbons (Fsp3) is 0.160. The number of amides is 1. The highest BCUT2D eigenvalue weighted by atomic mass is 16.5. The van der Waals surface area contributed by atoms with Crippen molar-refractivity contribution >= 4 is 11.6 Å². The lowest BCUT2D eigenvalue weighted by Crippen LogP contribution is -2.12. The van der Waals surface area contributed by atoms with Gasteiger partial charge in [-0.3, -0.25) is 4.79 Å². The molecule has 0 bridgehead atoms. The molecule has 1 amide bonds. The molecule has 0 aliphatic rings. The van der Waals surface area contributed by atoms with Gasteiger partial charge >= 0.3 is 0 Å². The monoisotopic (exact) mass is 445 g/mol. The van der Waals surface area contributed by atoms with E-state index < -0.39 is 0 Å². The highest BCUT2D eigenvalue weighted by Gasteiger charge is 2.19. The van der Waals surface area contributed by atoms with Crippen molar-refractivity contribution in [2.45, 2.75) is 6.92 Å². The second-order valence-corrected chi connectivity index (χ2v) is 7.21. The summed E-state index contributed by atoms with van der Waals surface area (Å²) in [7, 11) is 4.61. The lowest BCUT2D eigenvalue weighted by atomic mass is 10.1. The third-order valence-electron chi connectivity index (χ3n) is 5.03. The van der Waals surface area contributed by atoms with Gasteiger partial charge in [-0.2, -0.15) is 4.98 Å². The van der Waals surface area contributed by atoms with Gasteiger partial charge in [-0.25, -0.2) is 0 Å². The average molecular weight is 445 g/mol. The van der Waals surface area contributed by atoms with Crippen LogP contribution in [0.15, 0.2) is 65.2 Å². The number of benzene rings is 3. The number of nitrogens with zero attached hydrogens (tertiary/aromatic N) is 2. The van der Waals surface area contributed by atoms with Gasteiger partial charge in [-0.15, -0.1) is 0 Å². The SMILES string of the molecule is COc1cc(-c2noc(-c3ccccc3NC(=O)c3cccc(C)c3)n2)cc(OC)c1OC. The molecule has 0 saturated heterocycles. The van der Waals surface area contributed by atoms with E-state index in [0.717, 1.165) is 5.56 Å². The Morgan fingerprint density at radius 1 is 0.909 bits per heavy atom. The molecule has 3 aromatic carbocycles. The summed E-state index contributed by atoms with van der Waals surface area (Å²) in [6.45, 7) is 1.94. The number of methoxy groups -OCH3 is 3. The van der Waals surface area contributed by atoms with Gasteiger partial charge in [0.2, 0.25) is 11.6 Å². The van der Waals surface area contributed by atoms with Crippen LogP contribution in [0, 0.1) is 6.92 Å². The van der Waals surface area contributed by atoms with Crippen LogP contribution >= 0.6 is 0 Å². The summed E-state index contributed by atoms with van der Waals surface area (Å²) in [5.74, 6) is 1.79. The lowest BCUT2D eigenvalue weighted by molar-refractivity contribution is 0.102. The molecule has 1 N–H and O–H groups in total. The van der Waals surface area contributed by atoms with E-state index >= 15 is 0 Å². The summed E-state index contributed by atoms with van der Waals surface area (Å²) in [6.07, 6.45) is 0. The van der Waals surface area contributed by atoms with Crippen molar-refractivity contribution < 1.29 is 23.5 Å². The van der Waals surface area contributed by atoms with E-state index in [9.17, 15) is 4.79 Å². The summed E-state index contributed by atoms with van der Waals surface area (Å²) in [4.78, 5) is 17.3. The largest absolute Gasteiger partial charge is 0.493 e. The molecule has 4 aromatic rings. The maximum absolute atomic E-state index is 12.8. The molecule has 33 heavy (non-hydrogen) atoms. The first-order chi connectivity index (χ1) is 16.0. The Morgan fingerprint density at radius 2 is 1.64 bits per heavy atom. The summed E-state index contributed by atoms with van der Waals surface area (Å²) in [5, 5.41) is 7.04. The van der Waals surface area contributed by atoms with Gasteiger partial charge in [-0.1, -0.05) is 35.0 Å². The zero-order valence-electron chi connectivity index (χ0n) is 18.7. The standard InChI is InChI=1S/C25H23N3O5/c1-15-8-7-9-16(12-15)24(29)26-19-11-6-5-10-18(19)25-27-23(28-33-25)17-13-20(30-2)22(32-4)21(14-17)31-3/h5-14H,1-4H3,(H,26,29). The number of para-hydroxylation sites is 1. The minimum absolute atomic E-state index is 0.226. The van der Waals surface area contributed by atoms with Crippen molar-refractivity contribution in [1.82, 2.24) is 10.1 Å². The lowest BCUT2D eigenvalue weighted by Gasteiger charge is -2.12. The molecule has 0 aliphatic heterocycles. The van der Waals surface area contributed by atoms with Crippen LogP contribution in [0.5, 0.6) is 17.2 Å². The summed E-state index contributed by atoms with van der Waals surface area (Å²) < 4.78 is 21.7. The second kappa shape index (κ2) is 9.44. The first-order valence-electron chi connectivity index (χ1n) is 10.2. The van der Waals surface area contributed by atoms with E-state index in [1.807, 2.05) is 37.3 Å². The molecule has 0 radical (unpaired) electrons. The fourth-order valence-corrected chi connectivity index (χ4v) is 3.42. The number of aromatic nitrogens is 2. The predicted octanol–water partition coefficient (Wildman–Crippen LogP) is 4.99. The molecule has 0 spiro atoms. The molecule has 4 rings (SSSR count). The Labute approximate surface area is 191 Å². The van der Waals surface area contributed by atoms with E-state index in [2.05, 4.69) is 15.5 Å². The third-order valence-corrected chi connectivity index (χ3v) is 5.03. The first kappa shape index (κ1) is 21.9. The molecule has 168 valence electrons. The number of carbonyl (C=O) groups is 1. The third kappa shape index (κ3) is 4.50. The zero-order chi connectivity index (χ0) is 23.4. The molecular formula is C25H23N3O5. The number of carbonyl (C=O) groups excluding carboxylic acids is 1. The van der Waals surface area contributed by atoms with Crippen LogP contribution in [-0.2, 0) is 0 Å². The van der Waals surface area contributed by atoms with E-state index in [4.69, 9.17) is 18.7 Å². The molecule has 8 heteroatoms. The summed E-state index contributed by atoms with van der Waals surface area (Å²) in [5.41, 5.74) is 3.35. The van der Waals surface area contributed by atoms with Crippen LogP contribution < -0.4 is 19.5 Å². The van der Waals surface area contributed by atoms with Crippen molar-refractivity contribution in [1.29, 1.82) is 0 Å². The van der Waals surface area contributed by atoms with Gasteiger partial charge in [0.25, 0.3) is 11.8 Å². The minimum atomic E-state index is -0.226. The number of rotatable bonds is 7. The number of nitrogens with one attached hydrogen (secondary N) is 1. The molecule has 1 aromatic heterocycles. The van der Waals surface area contributed by atoms with Crippen LogP contribution in [0.1, 0.15) is 15.9 Å². The molecule has 0 saturated carbocycles. The van der Waals surface area contributed by atoms with Crippen molar-refractivity contribution in [3.8, 4) is 40.1 Å². The van der Waals surface area contributed by atoms with Gasteiger partial charge in [0.15, 0.2) is 11.5 Å². The first-order valence-corrected chi connectivity index (χ1v) is 10.2. The topological polar surface area (TPSA) is 95.7 Å². The second-order valence-electron chi connectivity index (χ2n) is 7.21. The Kier molecular flexibility index (Phi) is 6.26. The van der Waals surface area contributed by atoms with Crippen molar-refractivity contribution in [3.63, 3.8) is 0 Å². The number of anilines is 1. The van der Waals surface area contributed by atoms with Gasteiger partial charge in [-0.05, 0) is 43.3 Å². The number of hydrogen-bond donors (Lipinski definition) is 1. The quantitative estimate of drug-likeness (QED) is 0.428. The molecule has 0 fully saturated rings. The summed E-state index contributed by atoms with van der Waals surface area (Å²) in [6, 6.07) is 18.1. The Bertz CT molecular complexity index is 1270. The van der Waals surface area contributed by atoms with Gasteiger partial charge in [0, 0.05) is 11.1 Å². The zero-order valence-corrected chi connectivity index (χ0v) is 18.7. The molecule has 1 heterocycles. The van der Waals surface area contributed by atoms with E-state index in [0.29, 0.717) is 45.5 Å². The van der Waals surface area contributed by atoms with Crippen molar-refractivity contribution in [3.05, 3.63) is 71.8 Å². The predicted molar refractivity (Wildman–Crippen MR) is 124 cm³/mol. The van der Waals surface area contributed by atoms with E-state index in [-0.39, 0.29) is 11.8 Å². The van der Waals surface area contributed by atoms with Crippen LogP contribution in [0.3, 0.4) is 0 Å². The smallest absolute Gasteiger partial charge is 0.260 e. The number of aryl methyl sites for hydroxylation is 1. The van der Waals surface area contributed by atoms with Crippen molar-refractivity contribution in [2.24, 2.45) is 0 Å². The van der Waals surface area contributed by atoms with Crippen LogP contribution in [-0.4, -0.2) is 37.4 Å². The normalized spacial score (nSPS) is 10.5. The highest BCUT2D eigenvalue weighted by molar-refractivity contribution is 6.06. The van der Waals surface area contributed by atoms with Gasteiger partial charge < -0.3 is 24.1 Å². The number of hydrogen-bond acceptors (Lipinski definition) is 7. The number of ether oxygens (including phenoxy) is 3. The van der Waals surface area contributed by atoms with Gasteiger partial charge in [0.05, 0.1) is 32.6 Å². The van der Waals surface area contributed by atoms with E-state index in [1.54, 1.807) is 30.3 Å². The van der Waals surface area contributed by atoms with E-state index in [1.165, 1.54) is 21.3 Å². The average Bonchev–Trinajstić information content (AvgIpc) is 3.33. The van der Waals surface area contributed by atoms with Crippen molar-refractivity contribution in [2.75, 3.05) is 26.6 Å². The summed E-state index contributed by atoms with van der Waals surface area (Å²) >= 11 is 0. The molecular weight excluding hydrogens is 422 g/mol. The van der Waals surface area contributed by atoms with Crippen LogP contribution in [0.2, 0.25) is 0 Å². The van der Waals surface area contributed by atoms with Crippen LogP contribution in [0.25, 0.3) is 22.8 Å². The molecule has 0 aliphatic carbocycles. The molecule has 0 atom stereocenters. The Morgan fingerprint density at radius 3 is 2.30 bits per heavy atom. The maximum atomic E-state index is 12.8. The Hall–Kier alpha value is -4.33. The fourth-order valence-electron chi connectivity index (χ4n) is 3.42. The van der Waals surface area contributed by atoms with Crippen LogP contribution in [0.4, 0.5) is 5.69 Å².